The summed E-state index contributed by atoms with van der Waals surface area (Å²) < 4.78 is 0. The van der Waals surface area contributed by atoms with Gasteiger partial charge in [-0.3, -0.25) is 0 Å². The fourth-order valence-corrected chi connectivity index (χ4v) is 3.44. The molecule has 96 valence electrons. The van der Waals surface area contributed by atoms with Gasteiger partial charge in [-0.1, -0.05) is 62.9 Å². The van der Waals surface area contributed by atoms with E-state index in [-0.39, 0.29) is 0 Å². The highest BCUT2D eigenvalue weighted by Crippen LogP contribution is 2.52. The van der Waals surface area contributed by atoms with Crippen molar-refractivity contribution < 1.29 is 0 Å². The molecule has 18 heavy (non-hydrogen) atoms. The molecule has 0 aromatic heterocycles. The summed E-state index contributed by atoms with van der Waals surface area (Å²) in [6.45, 7) is 2.29. The first-order valence-electron chi connectivity index (χ1n) is 7.68. The topological polar surface area (TPSA) is 0 Å². The Bertz CT molecular complexity index is 441. The van der Waals surface area contributed by atoms with Crippen molar-refractivity contribution in [1.29, 1.82) is 0 Å². The van der Waals surface area contributed by atoms with E-state index in [2.05, 4.69) is 37.3 Å². The first-order chi connectivity index (χ1) is 8.90. The molecule has 2 atom stereocenters. The second-order valence-electron chi connectivity index (χ2n) is 5.97. The molecule has 3 rings (SSSR count). The fraction of sp³-hybridized carbons (Fsp3) is 0.556. The van der Waals surface area contributed by atoms with Crippen molar-refractivity contribution in [3.63, 3.8) is 0 Å². The average molecular weight is 240 g/mol. The van der Waals surface area contributed by atoms with E-state index < -0.39 is 0 Å². The molecule has 0 nitrogen and oxygen atoms in total. The van der Waals surface area contributed by atoms with Gasteiger partial charge < -0.3 is 0 Å². The monoisotopic (exact) mass is 240 g/mol. The highest BCUT2D eigenvalue weighted by Gasteiger charge is 2.40. The third-order valence-electron chi connectivity index (χ3n) is 4.62. The van der Waals surface area contributed by atoms with Crippen LogP contribution in [-0.4, -0.2) is 0 Å². The Morgan fingerprint density at radius 2 is 2.00 bits per heavy atom. The molecule has 0 N–H and O–H groups in total. The van der Waals surface area contributed by atoms with Gasteiger partial charge in [-0.25, -0.2) is 0 Å². The van der Waals surface area contributed by atoms with E-state index in [4.69, 9.17) is 0 Å². The van der Waals surface area contributed by atoms with Gasteiger partial charge in [0.05, 0.1) is 0 Å². The Morgan fingerprint density at radius 3 is 2.89 bits per heavy atom. The zero-order valence-corrected chi connectivity index (χ0v) is 11.5. The summed E-state index contributed by atoms with van der Waals surface area (Å²) in [5.74, 6) is 1.90. The number of fused-ring (bicyclic) bond motifs is 1. The molecule has 2 aliphatic rings. The van der Waals surface area contributed by atoms with Crippen LogP contribution in [0.2, 0.25) is 0 Å². The van der Waals surface area contributed by atoms with E-state index in [9.17, 15) is 0 Å². The molecule has 0 heterocycles. The van der Waals surface area contributed by atoms with Crippen molar-refractivity contribution in [1.82, 2.24) is 0 Å². The Kier molecular flexibility index (Phi) is 3.54. The SMILES string of the molecule is CCCCCC[C@@H]1C[C@H]1C1=CCc2ccccc21. The normalized spacial score (nSPS) is 24.8. The van der Waals surface area contributed by atoms with Crippen molar-refractivity contribution in [2.45, 2.75) is 51.9 Å². The molecule has 0 saturated heterocycles. The predicted octanol–water partition coefficient (Wildman–Crippen LogP) is 5.23. The molecule has 1 aromatic rings. The number of benzene rings is 1. The summed E-state index contributed by atoms with van der Waals surface area (Å²) in [5, 5.41) is 0. The first-order valence-corrected chi connectivity index (χ1v) is 7.68. The zero-order chi connectivity index (χ0) is 12.4. The van der Waals surface area contributed by atoms with Gasteiger partial charge in [0, 0.05) is 0 Å². The molecule has 0 heteroatoms. The minimum absolute atomic E-state index is 0.898. The summed E-state index contributed by atoms with van der Waals surface area (Å²) in [5.41, 5.74) is 4.77. The maximum Gasteiger partial charge on any atom is -0.00853 e. The summed E-state index contributed by atoms with van der Waals surface area (Å²) in [6.07, 6.45) is 12.2. The van der Waals surface area contributed by atoms with Gasteiger partial charge in [0.2, 0.25) is 0 Å². The van der Waals surface area contributed by atoms with Crippen molar-refractivity contribution in [3.05, 3.63) is 41.5 Å². The second kappa shape index (κ2) is 5.30. The Hall–Kier alpha value is -1.04. The molecule has 1 fully saturated rings. The molecular weight excluding hydrogens is 216 g/mol. The van der Waals surface area contributed by atoms with Gasteiger partial charge in [-0.2, -0.15) is 0 Å². The number of allylic oxidation sites excluding steroid dienone is 2. The van der Waals surface area contributed by atoms with Crippen LogP contribution in [0.25, 0.3) is 5.57 Å². The van der Waals surface area contributed by atoms with Gasteiger partial charge in [0.15, 0.2) is 0 Å². The van der Waals surface area contributed by atoms with E-state index in [1.807, 2.05) is 0 Å². The molecule has 0 amide bonds. The van der Waals surface area contributed by atoms with Crippen LogP contribution >= 0.6 is 0 Å². The summed E-state index contributed by atoms with van der Waals surface area (Å²) >= 11 is 0. The fourth-order valence-electron chi connectivity index (χ4n) is 3.44. The molecule has 0 spiro atoms. The summed E-state index contributed by atoms with van der Waals surface area (Å²) in [6, 6.07) is 8.97. The second-order valence-corrected chi connectivity index (χ2v) is 5.97. The Balaban J connectivity index is 1.53. The maximum absolute atomic E-state index is 2.49. The molecular formula is C18H24. The van der Waals surface area contributed by atoms with E-state index in [0.717, 1.165) is 11.8 Å². The van der Waals surface area contributed by atoms with Crippen molar-refractivity contribution in [3.8, 4) is 0 Å². The predicted molar refractivity (Wildman–Crippen MR) is 78.5 cm³/mol. The Morgan fingerprint density at radius 1 is 1.11 bits per heavy atom. The quantitative estimate of drug-likeness (QED) is 0.597. The zero-order valence-electron chi connectivity index (χ0n) is 11.5. The molecule has 2 aliphatic carbocycles. The number of unbranched alkanes of at least 4 members (excludes halogenated alkanes) is 3. The number of rotatable bonds is 6. The number of hydrogen-bond acceptors (Lipinski definition) is 0. The van der Waals surface area contributed by atoms with Gasteiger partial charge in [-0.05, 0) is 47.8 Å². The highest BCUT2D eigenvalue weighted by molar-refractivity contribution is 5.76. The average Bonchev–Trinajstić information content (AvgIpc) is 3.04. The lowest BCUT2D eigenvalue weighted by Crippen LogP contribution is -1.89. The van der Waals surface area contributed by atoms with E-state index >= 15 is 0 Å². The molecule has 0 bridgehead atoms. The molecule has 0 unspecified atom stereocenters. The lowest BCUT2D eigenvalue weighted by Gasteiger charge is -2.05. The van der Waals surface area contributed by atoms with Crippen LogP contribution in [0.1, 0.15) is 56.6 Å². The first kappa shape index (κ1) is 12.0. The van der Waals surface area contributed by atoms with Crippen molar-refractivity contribution in [2.24, 2.45) is 11.8 Å². The van der Waals surface area contributed by atoms with Crippen molar-refractivity contribution in [2.75, 3.05) is 0 Å². The molecule has 0 aliphatic heterocycles. The van der Waals surface area contributed by atoms with E-state index in [1.165, 1.54) is 44.9 Å². The molecule has 1 aromatic carbocycles. The largest absolute Gasteiger partial charge is 0.0760 e. The van der Waals surface area contributed by atoms with Crippen LogP contribution in [0.15, 0.2) is 30.3 Å². The van der Waals surface area contributed by atoms with Crippen LogP contribution in [0.4, 0.5) is 0 Å². The maximum atomic E-state index is 2.49. The van der Waals surface area contributed by atoms with Gasteiger partial charge in [0.25, 0.3) is 0 Å². The minimum Gasteiger partial charge on any atom is -0.0760 e. The van der Waals surface area contributed by atoms with Crippen LogP contribution < -0.4 is 0 Å². The summed E-state index contributed by atoms with van der Waals surface area (Å²) in [4.78, 5) is 0. The number of hydrogen-bond donors (Lipinski definition) is 0. The van der Waals surface area contributed by atoms with Crippen molar-refractivity contribution >= 4 is 5.57 Å². The van der Waals surface area contributed by atoms with E-state index in [1.54, 1.807) is 16.7 Å². The Labute approximate surface area is 111 Å². The standard InChI is InChI=1S/C18H24/c1-2-3-4-5-9-15-13-18(15)17-12-11-14-8-6-7-10-16(14)17/h6-8,10,12,15,18H,2-5,9,11,13H2,1H3/t15-,18-/m1/s1. The minimum atomic E-state index is 0.898. The highest BCUT2D eigenvalue weighted by atomic mass is 14.4. The lowest BCUT2D eigenvalue weighted by atomic mass is 10.00. The third-order valence-corrected chi connectivity index (χ3v) is 4.62. The van der Waals surface area contributed by atoms with Crippen LogP contribution in [0, 0.1) is 11.8 Å². The van der Waals surface area contributed by atoms with Crippen LogP contribution in [0.5, 0.6) is 0 Å². The molecule has 0 radical (unpaired) electrons. The van der Waals surface area contributed by atoms with Crippen LogP contribution in [0.3, 0.4) is 0 Å². The molecule has 1 saturated carbocycles. The van der Waals surface area contributed by atoms with E-state index in [0.29, 0.717) is 0 Å². The third kappa shape index (κ3) is 2.39. The van der Waals surface area contributed by atoms with Gasteiger partial charge in [0.1, 0.15) is 0 Å². The van der Waals surface area contributed by atoms with Crippen LogP contribution in [-0.2, 0) is 6.42 Å². The van der Waals surface area contributed by atoms with Gasteiger partial charge >= 0.3 is 0 Å². The summed E-state index contributed by atoms with van der Waals surface area (Å²) in [7, 11) is 0. The smallest absolute Gasteiger partial charge is 0.00853 e. The van der Waals surface area contributed by atoms with Gasteiger partial charge in [-0.15, -0.1) is 0 Å². The lowest BCUT2D eigenvalue weighted by molar-refractivity contribution is 0.587.